The van der Waals surface area contributed by atoms with Crippen molar-refractivity contribution in [3.05, 3.63) is 29.3 Å². The second-order valence-electron chi connectivity index (χ2n) is 6.64. The molecule has 0 aromatic heterocycles. The molecular formula is C19H32N4O2. The number of aliphatic imine (C=N–C) groups is 1. The van der Waals surface area contributed by atoms with Crippen molar-refractivity contribution in [2.45, 2.75) is 34.1 Å². The summed E-state index contributed by atoms with van der Waals surface area (Å²) in [6.45, 7) is 9.76. The van der Waals surface area contributed by atoms with Crippen molar-refractivity contribution >= 4 is 11.9 Å². The van der Waals surface area contributed by atoms with E-state index in [1.807, 2.05) is 27.7 Å². The molecule has 1 amide bonds. The summed E-state index contributed by atoms with van der Waals surface area (Å²) in [5, 5.41) is 9.21. The summed E-state index contributed by atoms with van der Waals surface area (Å²) >= 11 is 0. The van der Waals surface area contributed by atoms with E-state index in [4.69, 9.17) is 4.74 Å². The van der Waals surface area contributed by atoms with E-state index in [0.717, 1.165) is 36.8 Å². The maximum atomic E-state index is 11.9. The first-order valence-electron chi connectivity index (χ1n) is 8.72. The van der Waals surface area contributed by atoms with Crippen molar-refractivity contribution in [1.82, 2.24) is 16.0 Å². The Kier molecular flexibility index (Phi) is 8.25. The Labute approximate surface area is 151 Å². The van der Waals surface area contributed by atoms with E-state index in [-0.39, 0.29) is 5.91 Å². The van der Waals surface area contributed by atoms with E-state index in [1.54, 1.807) is 14.2 Å². The van der Waals surface area contributed by atoms with Crippen LogP contribution in [0.25, 0.3) is 0 Å². The fourth-order valence-electron chi connectivity index (χ4n) is 2.37. The van der Waals surface area contributed by atoms with E-state index < -0.39 is 5.41 Å². The van der Waals surface area contributed by atoms with Crippen LogP contribution in [0, 0.1) is 12.3 Å². The minimum Gasteiger partial charge on any atom is -0.496 e. The van der Waals surface area contributed by atoms with Crippen LogP contribution in [-0.2, 0) is 11.2 Å². The van der Waals surface area contributed by atoms with Crippen LogP contribution < -0.4 is 20.7 Å². The van der Waals surface area contributed by atoms with Gasteiger partial charge in [-0.25, -0.2) is 0 Å². The van der Waals surface area contributed by atoms with Gasteiger partial charge in [-0.15, -0.1) is 0 Å². The lowest BCUT2D eigenvalue weighted by atomic mass is 9.93. The zero-order chi connectivity index (χ0) is 18.9. The molecule has 25 heavy (non-hydrogen) atoms. The minimum absolute atomic E-state index is 0.0150. The Morgan fingerprint density at radius 3 is 2.60 bits per heavy atom. The van der Waals surface area contributed by atoms with Crippen molar-refractivity contribution < 1.29 is 9.53 Å². The molecule has 0 radical (unpaired) electrons. The molecule has 1 rings (SSSR count). The molecule has 0 atom stereocenters. The molecule has 0 unspecified atom stereocenters. The average molecular weight is 348 g/mol. The summed E-state index contributed by atoms with van der Waals surface area (Å²) in [4.78, 5) is 16.4. The Morgan fingerprint density at radius 1 is 1.28 bits per heavy atom. The molecule has 140 valence electrons. The highest BCUT2D eigenvalue weighted by molar-refractivity contribution is 5.83. The van der Waals surface area contributed by atoms with E-state index in [2.05, 4.69) is 39.1 Å². The largest absolute Gasteiger partial charge is 0.496 e. The highest BCUT2D eigenvalue weighted by atomic mass is 16.5. The lowest BCUT2D eigenvalue weighted by molar-refractivity contribution is -0.128. The van der Waals surface area contributed by atoms with E-state index >= 15 is 0 Å². The molecule has 0 bridgehead atoms. The van der Waals surface area contributed by atoms with Gasteiger partial charge in [-0.2, -0.15) is 0 Å². The topological polar surface area (TPSA) is 74.8 Å². The number of hydrogen-bond donors (Lipinski definition) is 3. The van der Waals surface area contributed by atoms with Gasteiger partial charge in [-0.1, -0.05) is 12.1 Å². The van der Waals surface area contributed by atoms with Crippen LogP contribution >= 0.6 is 0 Å². The first-order valence-corrected chi connectivity index (χ1v) is 8.72. The van der Waals surface area contributed by atoms with E-state index in [0.29, 0.717) is 6.54 Å². The summed E-state index contributed by atoms with van der Waals surface area (Å²) in [5.74, 6) is 1.61. The average Bonchev–Trinajstić information content (AvgIpc) is 2.60. The third-order valence-electron chi connectivity index (χ3n) is 4.00. The SMILES string of the molecule is CCNC(=NCC(C)(C)C(=O)NC)NCCc1ccc(C)c(OC)c1. The Hall–Kier alpha value is -2.24. The number of guanidine groups is 1. The van der Waals surface area contributed by atoms with Gasteiger partial charge in [0.15, 0.2) is 5.96 Å². The molecule has 0 heterocycles. The zero-order valence-electron chi connectivity index (χ0n) is 16.3. The van der Waals surface area contributed by atoms with Gasteiger partial charge in [-0.05, 0) is 51.3 Å². The summed E-state index contributed by atoms with van der Waals surface area (Å²) in [5.41, 5.74) is 1.79. The van der Waals surface area contributed by atoms with Gasteiger partial charge in [0.25, 0.3) is 0 Å². The summed E-state index contributed by atoms with van der Waals surface area (Å²) < 4.78 is 5.37. The molecular weight excluding hydrogens is 316 g/mol. The van der Waals surface area contributed by atoms with Crippen molar-refractivity contribution in [2.75, 3.05) is 33.8 Å². The Bertz CT molecular complexity index is 597. The van der Waals surface area contributed by atoms with Crippen molar-refractivity contribution in [3.63, 3.8) is 0 Å². The standard InChI is InChI=1S/C19H32N4O2/c1-7-21-18(23-13-19(3,4)17(24)20-5)22-11-10-15-9-8-14(2)16(12-15)25-6/h8-9,12H,7,10-11,13H2,1-6H3,(H,20,24)(H2,21,22,23). The summed E-state index contributed by atoms with van der Waals surface area (Å²) in [6.07, 6.45) is 0.861. The number of nitrogens with one attached hydrogen (secondary N) is 3. The maximum Gasteiger partial charge on any atom is 0.227 e. The van der Waals surface area contributed by atoms with E-state index in [1.165, 1.54) is 5.56 Å². The lowest BCUT2D eigenvalue weighted by Crippen LogP contribution is -2.41. The van der Waals surface area contributed by atoms with Crippen LogP contribution in [0.1, 0.15) is 31.9 Å². The van der Waals surface area contributed by atoms with Gasteiger partial charge < -0.3 is 20.7 Å². The molecule has 0 spiro atoms. The molecule has 0 saturated carbocycles. The number of methoxy groups -OCH3 is 1. The Morgan fingerprint density at radius 2 is 2.00 bits per heavy atom. The second-order valence-corrected chi connectivity index (χ2v) is 6.64. The quantitative estimate of drug-likeness (QED) is 0.495. The third kappa shape index (κ3) is 6.64. The van der Waals surface area contributed by atoms with Crippen molar-refractivity contribution in [2.24, 2.45) is 10.4 Å². The molecule has 3 N–H and O–H groups in total. The van der Waals surface area contributed by atoms with Gasteiger partial charge >= 0.3 is 0 Å². The van der Waals surface area contributed by atoms with Crippen molar-refractivity contribution in [3.8, 4) is 5.75 Å². The highest BCUT2D eigenvalue weighted by Gasteiger charge is 2.26. The van der Waals surface area contributed by atoms with Crippen LogP contribution in [0.5, 0.6) is 5.75 Å². The number of hydrogen-bond acceptors (Lipinski definition) is 3. The van der Waals surface area contributed by atoms with Crippen LogP contribution in [-0.4, -0.2) is 45.7 Å². The number of aryl methyl sites for hydroxylation is 1. The number of carbonyl (C=O) groups excluding carboxylic acids is 1. The number of benzene rings is 1. The molecule has 0 fully saturated rings. The van der Waals surface area contributed by atoms with Crippen LogP contribution in [0.3, 0.4) is 0 Å². The molecule has 0 aliphatic carbocycles. The van der Waals surface area contributed by atoms with Gasteiger partial charge in [0.2, 0.25) is 5.91 Å². The zero-order valence-corrected chi connectivity index (χ0v) is 16.3. The fraction of sp³-hybridized carbons (Fsp3) is 0.579. The molecule has 6 heteroatoms. The molecule has 0 aliphatic rings. The predicted octanol–water partition coefficient (Wildman–Crippen LogP) is 1.87. The number of amides is 1. The first kappa shape index (κ1) is 20.8. The lowest BCUT2D eigenvalue weighted by Gasteiger charge is -2.21. The van der Waals surface area contributed by atoms with Gasteiger partial charge in [0.05, 0.1) is 19.1 Å². The van der Waals surface area contributed by atoms with Crippen molar-refractivity contribution in [1.29, 1.82) is 0 Å². The molecule has 1 aromatic rings. The number of carbonyl (C=O) groups is 1. The number of nitrogens with zero attached hydrogens (tertiary/aromatic N) is 1. The molecule has 1 aromatic carbocycles. The van der Waals surface area contributed by atoms with E-state index in [9.17, 15) is 4.79 Å². The number of rotatable bonds is 8. The van der Waals surface area contributed by atoms with Crippen LogP contribution in [0.2, 0.25) is 0 Å². The minimum atomic E-state index is -0.540. The number of ether oxygens (including phenoxy) is 1. The maximum absolute atomic E-state index is 11.9. The molecule has 0 aliphatic heterocycles. The van der Waals surface area contributed by atoms with Gasteiger partial charge in [0, 0.05) is 20.1 Å². The van der Waals surface area contributed by atoms with Gasteiger partial charge in [-0.3, -0.25) is 9.79 Å². The smallest absolute Gasteiger partial charge is 0.227 e. The summed E-state index contributed by atoms with van der Waals surface area (Å²) in [7, 11) is 3.33. The monoisotopic (exact) mass is 348 g/mol. The summed E-state index contributed by atoms with van der Waals surface area (Å²) in [6, 6.07) is 6.24. The van der Waals surface area contributed by atoms with Gasteiger partial charge in [0.1, 0.15) is 5.75 Å². The van der Waals surface area contributed by atoms with Crippen LogP contribution in [0.15, 0.2) is 23.2 Å². The fourth-order valence-corrected chi connectivity index (χ4v) is 2.37. The first-order chi connectivity index (χ1) is 11.8. The second kappa shape index (κ2) is 9.91. The Balaban J connectivity index is 2.63. The molecule has 0 saturated heterocycles. The van der Waals surface area contributed by atoms with Crippen LogP contribution in [0.4, 0.5) is 0 Å². The third-order valence-corrected chi connectivity index (χ3v) is 4.00. The predicted molar refractivity (Wildman–Crippen MR) is 103 cm³/mol. The highest BCUT2D eigenvalue weighted by Crippen LogP contribution is 2.19. The normalized spacial score (nSPS) is 11.8. The molecule has 6 nitrogen and oxygen atoms in total.